The van der Waals surface area contributed by atoms with Crippen LogP contribution < -0.4 is 4.74 Å². The number of rotatable bonds is 3. The summed E-state index contributed by atoms with van der Waals surface area (Å²) in [5.74, 6) is 2.33. The highest BCUT2D eigenvalue weighted by molar-refractivity contribution is 5.94. The van der Waals surface area contributed by atoms with Crippen molar-refractivity contribution in [1.82, 2.24) is 24.9 Å². The molecule has 0 amide bonds. The minimum Gasteiger partial charge on any atom is -0.497 e. The van der Waals surface area contributed by atoms with Crippen LogP contribution in [-0.2, 0) is 10.3 Å². The van der Waals surface area contributed by atoms with Crippen molar-refractivity contribution in [3.8, 4) is 17.1 Å². The average Bonchev–Trinajstić information content (AvgIpc) is 3.39. The molecule has 0 bridgehead atoms. The van der Waals surface area contributed by atoms with E-state index in [1.807, 2.05) is 24.3 Å². The number of benzene rings is 1. The predicted molar refractivity (Wildman–Crippen MR) is 116 cm³/mol. The summed E-state index contributed by atoms with van der Waals surface area (Å²) in [5, 5.41) is 0. The van der Waals surface area contributed by atoms with E-state index in [0.29, 0.717) is 17.0 Å². The Bertz CT molecular complexity index is 1320. The van der Waals surface area contributed by atoms with Crippen molar-refractivity contribution in [1.29, 1.82) is 0 Å². The molecule has 1 aromatic carbocycles. The molecule has 0 saturated heterocycles. The molecule has 4 heterocycles. The number of fused-ring (bicyclic) bond motifs is 3. The monoisotopic (exact) mass is 427 g/mol. The Morgan fingerprint density at radius 1 is 1.09 bits per heavy atom. The van der Waals surface area contributed by atoms with E-state index in [1.165, 1.54) is 0 Å². The van der Waals surface area contributed by atoms with Crippen LogP contribution in [0.2, 0.25) is 0 Å². The van der Waals surface area contributed by atoms with E-state index in [2.05, 4.69) is 19.9 Å². The van der Waals surface area contributed by atoms with Gasteiger partial charge in [-0.05, 0) is 56.0 Å². The molecule has 8 nitrogen and oxygen atoms in total. The number of carbonyl (C=O) groups excluding carboxylic acids is 1. The number of carbonyl (C=O) groups is 1. The Kier molecular flexibility index (Phi) is 4.21. The van der Waals surface area contributed by atoms with Crippen LogP contribution in [0.3, 0.4) is 0 Å². The SMILES string of the molecule is COc1ccc(-c2ncc3[nH]c([C@H]4CC[C@@]5(CC4)OC(=O)c4ccncc45)nc3n2)cc1. The van der Waals surface area contributed by atoms with Crippen LogP contribution in [0, 0.1) is 0 Å². The lowest BCUT2D eigenvalue weighted by Crippen LogP contribution is -2.31. The van der Waals surface area contributed by atoms with Gasteiger partial charge < -0.3 is 14.5 Å². The number of hydrogen-bond acceptors (Lipinski definition) is 7. The molecule has 0 unspecified atom stereocenters. The van der Waals surface area contributed by atoms with Crippen molar-refractivity contribution in [2.45, 2.75) is 37.2 Å². The molecule has 2 aliphatic rings. The molecule has 1 fully saturated rings. The highest BCUT2D eigenvalue weighted by atomic mass is 16.6. The number of hydrogen-bond donors (Lipinski definition) is 1. The molecule has 1 aliphatic heterocycles. The van der Waals surface area contributed by atoms with Gasteiger partial charge in [0.05, 0.1) is 18.9 Å². The lowest BCUT2D eigenvalue weighted by molar-refractivity contribution is -0.0313. The first-order valence-electron chi connectivity index (χ1n) is 10.7. The molecule has 32 heavy (non-hydrogen) atoms. The number of esters is 1. The van der Waals surface area contributed by atoms with E-state index in [-0.39, 0.29) is 11.9 Å². The zero-order valence-electron chi connectivity index (χ0n) is 17.5. The number of H-pyrrole nitrogens is 1. The molecular weight excluding hydrogens is 406 g/mol. The van der Waals surface area contributed by atoms with Crippen molar-refractivity contribution in [2.24, 2.45) is 0 Å². The van der Waals surface area contributed by atoms with Crippen LogP contribution in [0.4, 0.5) is 0 Å². The largest absolute Gasteiger partial charge is 0.497 e. The third-order valence-corrected chi connectivity index (χ3v) is 6.61. The summed E-state index contributed by atoms with van der Waals surface area (Å²) >= 11 is 0. The van der Waals surface area contributed by atoms with Crippen molar-refractivity contribution in [3.63, 3.8) is 0 Å². The first-order chi connectivity index (χ1) is 15.6. The maximum Gasteiger partial charge on any atom is 0.339 e. The number of ether oxygens (including phenoxy) is 2. The number of aromatic nitrogens is 5. The molecule has 160 valence electrons. The van der Waals surface area contributed by atoms with Gasteiger partial charge in [-0.15, -0.1) is 0 Å². The van der Waals surface area contributed by atoms with Crippen LogP contribution in [0.25, 0.3) is 22.6 Å². The number of imidazole rings is 1. The number of nitrogens with zero attached hydrogens (tertiary/aromatic N) is 4. The van der Waals surface area contributed by atoms with E-state index in [9.17, 15) is 4.79 Å². The summed E-state index contributed by atoms with van der Waals surface area (Å²) in [6.45, 7) is 0. The van der Waals surface area contributed by atoms with E-state index in [0.717, 1.165) is 53.9 Å². The van der Waals surface area contributed by atoms with Gasteiger partial charge in [0.15, 0.2) is 11.5 Å². The van der Waals surface area contributed by atoms with E-state index in [4.69, 9.17) is 14.5 Å². The molecule has 1 N–H and O–H groups in total. The maximum atomic E-state index is 12.3. The van der Waals surface area contributed by atoms with Gasteiger partial charge >= 0.3 is 5.97 Å². The molecule has 1 saturated carbocycles. The lowest BCUT2D eigenvalue weighted by atomic mass is 9.75. The summed E-state index contributed by atoms with van der Waals surface area (Å²) in [6.07, 6.45) is 8.42. The smallest absolute Gasteiger partial charge is 0.339 e. The van der Waals surface area contributed by atoms with Gasteiger partial charge in [0, 0.05) is 29.4 Å². The van der Waals surface area contributed by atoms with Gasteiger partial charge in [-0.2, -0.15) is 0 Å². The number of pyridine rings is 1. The lowest BCUT2D eigenvalue weighted by Gasteiger charge is -2.35. The third kappa shape index (κ3) is 2.94. The van der Waals surface area contributed by atoms with Crippen LogP contribution in [-0.4, -0.2) is 38.0 Å². The fourth-order valence-corrected chi connectivity index (χ4v) is 4.85. The first kappa shape index (κ1) is 18.9. The predicted octanol–water partition coefficient (Wildman–Crippen LogP) is 4.15. The Morgan fingerprint density at radius 2 is 1.91 bits per heavy atom. The molecule has 0 atom stereocenters. The number of aromatic amines is 1. The highest BCUT2D eigenvalue weighted by Gasteiger charge is 2.48. The average molecular weight is 427 g/mol. The zero-order chi connectivity index (χ0) is 21.7. The number of nitrogens with one attached hydrogen (secondary N) is 1. The molecule has 0 radical (unpaired) electrons. The molecule has 6 rings (SSSR count). The molecular formula is C24H21N5O3. The first-order valence-corrected chi connectivity index (χ1v) is 10.7. The van der Waals surface area contributed by atoms with Crippen molar-refractivity contribution < 1.29 is 14.3 Å². The number of methoxy groups -OCH3 is 1. The van der Waals surface area contributed by atoms with Crippen LogP contribution >= 0.6 is 0 Å². The summed E-state index contributed by atoms with van der Waals surface area (Å²) < 4.78 is 11.1. The van der Waals surface area contributed by atoms with E-state index >= 15 is 0 Å². The van der Waals surface area contributed by atoms with Crippen LogP contribution in [0.1, 0.15) is 53.3 Å². The van der Waals surface area contributed by atoms with Gasteiger partial charge in [-0.25, -0.2) is 19.7 Å². The van der Waals surface area contributed by atoms with Gasteiger partial charge in [0.1, 0.15) is 22.7 Å². The van der Waals surface area contributed by atoms with Crippen molar-refractivity contribution >= 4 is 17.1 Å². The van der Waals surface area contributed by atoms with Gasteiger partial charge in [0.2, 0.25) is 0 Å². The third-order valence-electron chi connectivity index (χ3n) is 6.61. The summed E-state index contributed by atoms with van der Waals surface area (Å²) in [5.41, 5.74) is 3.39. The normalized spacial score (nSPS) is 22.2. The minimum absolute atomic E-state index is 0.245. The Morgan fingerprint density at radius 3 is 2.69 bits per heavy atom. The maximum absolute atomic E-state index is 12.3. The standard InChI is InChI=1S/C24H21N5O3/c1-31-16-4-2-14(3-5-16)20-26-13-19-22(28-20)29-21(27-19)15-6-9-24(10-7-15)18-12-25-11-8-17(18)23(30)32-24/h2-5,8,11-13,15H,6-7,9-10H2,1H3,(H,26,27,28,29)/t15-,24-. The second-order valence-electron chi connectivity index (χ2n) is 8.36. The molecule has 8 heteroatoms. The zero-order valence-corrected chi connectivity index (χ0v) is 17.5. The summed E-state index contributed by atoms with van der Waals surface area (Å²) in [6, 6.07) is 9.39. The van der Waals surface area contributed by atoms with E-state index in [1.54, 1.807) is 31.8 Å². The van der Waals surface area contributed by atoms with Gasteiger partial charge in [-0.3, -0.25) is 4.98 Å². The van der Waals surface area contributed by atoms with Crippen molar-refractivity contribution in [3.05, 3.63) is 65.9 Å². The van der Waals surface area contributed by atoms with Crippen LogP contribution in [0.15, 0.2) is 48.9 Å². The second-order valence-corrected chi connectivity index (χ2v) is 8.36. The van der Waals surface area contributed by atoms with Crippen molar-refractivity contribution in [2.75, 3.05) is 7.11 Å². The van der Waals surface area contributed by atoms with Gasteiger partial charge in [-0.1, -0.05) is 0 Å². The second kappa shape index (κ2) is 7.12. The Balaban J connectivity index is 1.24. The van der Waals surface area contributed by atoms with Crippen LogP contribution in [0.5, 0.6) is 5.75 Å². The summed E-state index contributed by atoms with van der Waals surface area (Å²) in [4.78, 5) is 33.8. The molecule has 1 aliphatic carbocycles. The summed E-state index contributed by atoms with van der Waals surface area (Å²) in [7, 11) is 1.64. The Hall–Kier alpha value is -3.81. The van der Waals surface area contributed by atoms with Gasteiger partial charge in [0.25, 0.3) is 0 Å². The Labute approximate surface area is 184 Å². The minimum atomic E-state index is -0.551. The van der Waals surface area contributed by atoms with E-state index < -0.39 is 5.60 Å². The highest BCUT2D eigenvalue weighted by Crippen LogP contribution is 2.49. The molecule has 1 spiro atoms. The topological polar surface area (TPSA) is 103 Å². The fraction of sp³-hybridized carbons (Fsp3) is 0.292. The quantitative estimate of drug-likeness (QED) is 0.490. The molecule has 4 aromatic rings. The molecule has 3 aromatic heterocycles. The fourth-order valence-electron chi connectivity index (χ4n) is 4.85.